The third-order valence-electron chi connectivity index (χ3n) is 3.32. The van der Waals surface area contributed by atoms with E-state index in [4.69, 9.17) is 16.6 Å². The second-order valence-corrected chi connectivity index (χ2v) is 6.35. The van der Waals surface area contributed by atoms with Gasteiger partial charge in [-0.05, 0) is 12.7 Å². The molecule has 0 aliphatic heterocycles. The van der Waals surface area contributed by atoms with E-state index in [0.29, 0.717) is 11.1 Å². The summed E-state index contributed by atoms with van der Waals surface area (Å²) in [5.41, 5.74) is 3.20. The van der Waals surface area contributed by atoms with E-state index in [1.165, 1.54) is 0 Å². The van der Waals surface area contributed by atoms with Crippen LogP contribution in [0, 0.1) is 0 Å². The number of hydrogen-bond acceptors (Lipinski definition) is 3. The molecule has 0 amide bonds. The molecule has 0 fully saturated rings. The topological polar surface area (TPSA) is 35.6 Å². The third kappa shape index (κ3) is 2.77. The second-order valence-electron chi connectivity index (χ2n) is 4.81. The molecule has 0 saturated carbocycles. The first-order chi connectivity index (χ1) is 9.12. The summed E-state index contributed by atoms with van der Waals surface area (Å²) in [7, 11) is 1.99. The van der Waals surface area contributed by atoms with Crippen LogP contribution >= 0.6 is 23.4 Å². The summed E-state index contributed by atoms with van der Waals surface area (Å²) in [6, 6.07) is 0. The summed E-state index contributed by atoms with van der Waals surface area (Å²) >= 11 is 7.90. The largest absolute Gasteiger partial charge is 0.311 e. The number of thioether (sulfide) groups is 1. The van der Waals surface area contributed by atoms with E-state index in [1.54, 1.807) is 0 Å². The number of alkyl halides is 1. The Labute approximate surface area is 123 Å². The van der Waals surface area contributed by atoms with Gasteiger partial charge in [0.25, 0.3) is 0 Å². The number of rotatable bonds is 6. The van der Waals surface area contributed by atoms with Crippen LogP contribution in [-0.2, 0) is 25.9 Å². The van der Waals surface area contributed by atoms with E-state index in [1.807, 2.05) is 23.5 Å². The molecule has 2 rings (SSSR count). The van der Waals surface area contributed by atoms with Crippen molar-refractivity contribution >= 4 is 34.5 Å². The van der Waals surface area contributed by atoms with E-state index in [2.05, 4.69) is 29.8 Å². The van der Waals surface area contributed by atoms with Gasteiger partial charge in [0.15, 0.2) is 5.65 Å². The van der Waals surface area contributed by atoms with Crippen molar-refractivity contribution in [3.8, 4) is 0 Å². The van der Waals surface area contributed by atoms with Gasteiger partial charge < -0.3 is 4.57 Å². The second kappa shape index (κ2) is 6.18. The molecule has 1 atom stereocenters. The number of aryl methyl sites for hydroxylation is 2. The van der Waals surface area contributed by atoms with Crippen LogP contribution in [-0.4, -0.2) is 30.8 Å². The molecule has 0 aromatic carbocycles. The van der Waals surface area contributed by atoms with Gasteiger partial charge in [0.05, 0.1) is 11.6 Å². The van der Waals surface area contributed by atoms with Crippen LogP contribution in [0.5, 0.6) is 0 Å². The monoisotopic (exact) mass is 300 g/mol. The molecular weight excluding hydrogens is 280 g/mol. The lowest BCUT2D eigenvalue weighted by molar-refractivity contribution is 0.646. The van der Waals surface area contributed by atoms with Crippen molar-refractivity contribution in [3.63, 3.8) is 0 Å². The maximum atomic E-state index is 6.05. The smallest absolute Gasteiger partial charge is 0.158 e. The molecule has 6 heteroatoms. The average molecular weight is 301 g/mol. The van der Waals surface area contributed by atoms with Gasteiger partial charge in [0, 0.05) is 18.8 Å². The maximum Gasteiger partial charge on any atom is 0.158 e. The van der Waals surface area contributed by atoms with Crippen molar-refractivity contribution in [2.24, 2.45) is 7.05 Å². The lowest BCUT2D eigenvalue weighted by Crippen LogP contribution is -2.13. The molecule has 2 heterocycles. The van der Waals surface area contributed by atoms with E-state index < -0.39 is 0 Å². The molecule has 19 heavy (non-hydrogen) atoms. The lowest BCUT2D eigenvalue weighted by Gasteiger charge is -2.12. The highest BCUT2D eigenvalue weighted by Crippen LogP contribution is 2.23. The average Bonchev–Trinajstić information content (AvgIpc) is 2.89. The molecule has 0 aliphatic rings. The van der Waals surface area contributed by atoms with Gasteiger partial charge in [-0.25, -0.2) is 4.98 Å². The molecule has 2 aromatic rings. The molecule has 0 bridgehead atoms. The summed E-state index contributed by atoms with van der Waals surface area (Å²) < 4.78 is 4.16. The first-order valence-electron chi connectivity index (χ1n) is 6.62. The SMILES string of the molecule is CCCc1nn(C)c2c1nc(CCl)n2CC(C)SC. The van der Waals surface area contributed by atoms with Crippen molar-refractivity contribution in [2.45, 2.75) is 44.4 Å². The molecule has 4 nitrogen and oxygen atoms in total. The summed E-state index contributed by atoms with van der Waals surface area (Å²) in [6.45, 7) is 5.30. The first-order valence-corrected chi connectivity index (χ1v) is 8.44. The third-order valence-corrected chi connectivity index (χ3v) is 4.51. The number of imidazole rings is 1. The molecule has 2 aromatic heterocycles. The lowest BCUT2D eigenvalue weighted by atomic mass is 10.2. The predicted octanol–water partition coefficient (Wildman–Crippen LogP) is 3.21. The Balaban J connectivity index is 2.53. The van der Waals surface area contributed by atoms with Crippen LogP contribution in [0.1, 0.15) is 31.8 Å². The Morgan fingerprint density at radius 1 is 1.42 bits per heavy atom. The number of aromatic nitrogens is 4. The fourth-order valence-corrected chi connectivity index (χ4v) is 2.82. The quantitative estimate of drug-likeness (QED) is 0.769. The van der Waals surface area contributed by atoms with Crippen LogP contribution in [0.25, 0.3) is 11.2 Å². The van der Waals surface area contributed by atoms with Crippen molar-refractivity contribution in [2.75, 3.05) is 6.26 Å². The van der Waals surface area contributed by atoms with E-state index in [-0.39, 0.29) is 0 Å². The molecule has 106 valence electrons. The van der Waals surface area contributed by atoms with E-state index in [0.717, 1.165) is 42.1 Å². The van der Waals surface area contributed by atoms with Gasteiger partial charge in [-0.2, -0.15) is 16.9 Å². The van der Waals surface area contributed by atoms with Crippen LogP contribution in [0.15, 0.2) is 0 Å². The minimum absolute atomic E-state index is 0.446. The Hall–Kier alpha value is -0.680. The Morgan fingerprint density at radius 3 is 2.74 bits per heavy atom. The predicted molar refractivity (Wildman–Crippen MR) is 83.0 cm³/mol. The van der Waals surface area contributed by atoms with Crippen molar-refractivity contribution in [1.82, 2.24) is 19.3 Å². The van der Waals surface area contributed by atoms with Gasteiger partial charge in [-0.15, -0.1) is 11.6 Å². The van der Waals surface area contributed by atoms with Gasteiger partial charge >= 0.3 is 0 Å². The minimum Gasteiger partial charge on any atom is -0.311 e. The van der Waals surface area contributed by atoms with Crippen LogP contribution in [0.4, 0.5) is 0 Å². The van der Waals surface area contributed by atoms with Gasteiger partial charge in [0.1, 0.15) is 11.3 Å². The van der Waals surface area contributed by atoms with Crippen molar-refractivity contribution in [3.05, 3.63) is 11.5 Å². The van der Waals surface area contributed by atoms with Gasteiger partial charge in [0.2, 0.25) is 0 Å². The first kappa shape index (κ1) is 14.7. The number of hydrogen-bond donors (Lipinski definition) is 0. The number of nitrogens with zero attached hydrogens (tertiary/aromatic N) is 4. The summed E-state index contributed by atoms with van der Waals surface area (Å²) in [6.07, 6.45) is 4.18. The number of fused-ring (bicyclic) bond motifs is 1. The van der Waals surface area contributed by atoms with Gasteiger partial charge in [-0.1, -0.05) is 20.3 Å². The maximum absolute atomic E-state index is 6.05. The highest BCUT2D eigenvalue weighted by atomic mass is 35.5. The molecule has 0 radical (unpaired) electrons. The molecule has 0 spiro atoms. The zero-order valence-electron chi connectivity index (χ0n) is 12.0. The fourth-order valence-electron chi connectivity index (χ4n) is 2.32. The molecule has 0 N–H and O–H groups in total. The van der Waals surface area contributed by atoms with Crippen molar-refractivity contribution < 1.29 is 0 Å². The highest BCUT2D eigenvalue weighted by Gasteiger charge is 2.19. The molecule has 0 saturated heterocycles. The standard InChI is InChI=1S/C13H21ClN4S/c1-5-6-10-12-13(17(3)16-10)18(8-9(2)19-4)11(7-14)15-12/h9H,5-8H2,1-4H3. The van der Waals surface area contributed by atoms with E-state index >= 15 is 0 Å². The van der Waals surface area contributed by atoms with E-state index in [9.17, 15) is 0 Å². The minimum atomic E-state index is 0.446. The molecule has 0 aliphatic carbocycles. The van der Waals surface area contributed by atoms with Crippen LogP contribution in [0.3, 0.4) is 0 Å². The zero-order chi connectivity index (χ0) is 14.0. The summed E-state index contributed by atoms with van der Waals surface area (Å²) in [5.74, 6) is 1.39. The highest BCUT2D eigenvalue weighted by molar-refractivity contribution is 7.99. The normalized spacial score (nSPS) is 13.3. The van der Waals surface area contributed by atoms with Crippen LogP contribution < -0.4 is 0 Å². The Morgan fingerprint density at radius 2 is 2.16 bits per heavy atom. The van der Waals surface area contributed by atoms with Gasteiger partial charge in [-0.3, -0.25) is 4.68 Å². The Kier molecular flexibility index (Phi) is 4.79. The molecular formula is C13H21ClN4S. The summed E-state index contributed by atoms with van der Waals surface area (Å²) in [4.78, 5) is 4.70. The van der Waals surface area contributed by atoms with Crippen molar-refractivity contribution in [1.29, 1.82) is 0 Å². The zero-order valence-corrected chi connectivity index (χ0v) is 13.6. The fraction of sp³-hybridized carbons (Fsp3) is 0.692. The summed E-state index contributed by atoms with van der Waals surface area (Å²) in [5, 5.41) is 5.12. The molecule has 1 unspecified atom stereocenters. The Bertz CT molecular complexity index is 560. The van der Waals surface area contributed by atoms with Crippen LogP contribution in [0.2, 0.25) is 0 Å². The number of halogens is 1.